The van der Waals surface area contributed by atoms with Crippen LogP contribution in [-0.4, -0.2) is 11.0 Å². The highest BCUT2D eigenvalue weighted by Gasteiger charge is 2.19. The van der Waals surface area contributed by atoms with Crippen LogP contribution in [0.1, 0.15) is 45.6 Å². The number of hydrogen-bond acceptors (Lipinski definition) is 4. The highest BCUT2D eigenvalue weighted by atomic mass is 16.5. The predicted molar refractivity (Wildman–Crippen MR) is 99.7 cm³/mol. The van der Waals surface area contributed by atoms with Gasteiger partial charge in [0.25, 0.3) is 0 Å². The van der Waals surface area contributed by atoms with Crippen molar-refractivity contribution in [2.24, 2.45) is 0 Å². The fraction of sp³-hybridized carbons (Fsp3) is 0.286. The van der Waals surface area contributed by atoms with Crippen molar-refractivity contribution in [3.8, 4) is 0 Å². The Kier molecular flexibility index (Phi) is 5.92. The van der Waals surface area contributed by atoms with Gasteiger partial charge in [-0.25, -0.2) is 4.79 Å². The Morgan fingerprint density at radius 1 is 1.15 bits per heavy atom. The molecule has 26 heavy (non-hydrogen) atoms. The molecule has 1 aromatic carbocycles. The highest BCUT2D eigenvalue weighted by Crippen LogP contribution is 2.20. The third-order valence-electron chi connectivity index (χ3n) is 4.42. The lowest BCUT2D eigenvalue weighted by Crippen LogP contribution is -2.14. The average molecular weight is 352 g/mol. The molecule has 5 heteroatoms. The van der Waals surface area contributed by atoms with E-state index in [1.54, 1.807) is 6.26 Å². The zero-order valence-corrected chi connectivity index (χ0v) is 15.2. The number of rotatable bonds is 8. The second kappa shape index (κ2) is 8.54. The van der Waals surface area contributed by atoms with E-state index in [0.29, 0.717) is 18.8 Å². The van der Waals surface area contributed by atoms with E-state index >= 15 is 0 Å². The summed E-state index contributed by atoms with van der Waals surface area (Å²) in [6.45, 7) is 5.60. The Bertz CT molecular complexity index is 836. The minimum atomic E-state index is -0.321. The van der Waals surface area contributed by atoms with Crippen LogP contribution in [0.15, 0.2) is 53.1 Å². The van der Waals surface area contributed by atoms with E-state index in [9.17, 15) is 4.79 Å². The average Bonchev–Trinajstić information content (AvgIpc) is 3.28. The summed E-state index contributed by atoms with van der Waals surface area (Å²) in [5.41, 5.74) is 4.64. The molecule has 0 bridgehead atoms. The molecule has 0 aliphatic heterocycles. The number of furan rings is 1. The zero-order chi connectivity index (χ0) is 18.4. The van der Waals surface area contributed by atoms with Crippen LogP contribution >= 0.6 is 0 Å². The molecule has 0 aliphatic carbocycles. The minimum absolute atomic E-state index is 0.270. The smallest absolute Gasteiger partial charge is 0.355 e. The maximum absolute atomic E-state index is 12.5. The monoisotopic (exact) mass is 352 g/mol. The number of ether oxygens (including phenoxy) is 1. The molecule has 0 fully saturated rings. The first-order chi connectivity index (χ1) is 12.7. The molecule has 0 aliphatic rings. The maximum Gasteiger partial charge on any atom is 0.355 e. The molecule has 2 aromatic heterocycles. The molecule has 0 saturated heterocycles. The van der Waals surface area contributed by atoms with Gasteiger partial charge in [0.1, 0.15) is 18.1 Å². The van der Waals surface area contributed by atoms with Gasteiger partial charge < -0.3 is 19.5 Å². The summed E-state index contributed by atoms with van der Waals surface area (Å²) in [5.74, 6) is 0.562. The van der Waals surface area contributed by atoms with Gasteiger partial charge in [0, 0.05) is 12.2 Å². The number of aromatic nitrogens is 1. The van der Waals surface area contributed by atoms with Crippen molar-refractivity contribution >= 4 is 5.97 Å². The molecule has 0 spiro atoms. The first-order valence-electron chi connectivity index (χ1n) is 8.83. The lowest BCUT2D eigenvalue weighted by molar-refractivity contribution is 0.0465. The van der Waals surface area contributed by atoms with E-state index < -0.39 is 0 Å². The van der Waals surface area contributed by atoms with Gasteiger partial charge in [-0.15, -0.1) is 0 Å². The maximum atomic E-state index is 12.5. The summed E-state index contributed by atoms with van der Waals surface area (Å²) < 4.78 is 10.8. The van der Waals surface area contributed by atoms with Crippen LogP contribution in [0.2, 0.25) is 0 Å². The molecule has 136 valence electrons. The third-order valence-corrected chi connectivity index (χ3v) is 4.42. The van der Waals surface area contributed by atoms with E-state index in [1.807, 2.05) is 49.4 Å². The van der Waals surface area contributed by atoms with Crippen LogP contribution in [0, 0.1) is 6.92 Å². The topological polar surface area (TPSA) is 67.3 Å². The van der Waals surface area contributed by atoms with Crippen molar-refractivity contribution in [2.75, 3.05) is 0 Å². The fourth-order valence-electron chi connectivity index (χ4n) is 3.05. The van der Waals surface area contributed by atoms with Gasteiger partial charge in [-0.3, -0.25) is 0 Å². The van der Waals surface area contributed by atoms with Gasteiger partial charge in [0.2, 0.25) is 0 Å². The van der Waals surface area contributed by atoms with E-state index in [1.165, 1.54) is 0 Å². The molecule has 0 radical (unpaired) electrons. The van der Waals surface area contributed by atoms with E-state index in [4.69, 9.17) is 9.15 Å². The molecule has 5 nitrogen and oxygen atoms in total. The first-order valence-corrected chi connectivity index (χ1v) is 8.83. The molecule has 3 rings (SSSR count). The summed E-state index contributed by atoms with van der Waals surface area (Å²) in [6.07, 6.45) is 2.51. The largest absolute Gasteiger partial charge is 0.468 e. The van der Waals surface area contributed by atoms with Gasteiger partial charge in [0.05, 0.1) is 12.8 Å². The van der Waals surface area contributed by atoms with Crippen LogP contribution in [-0.2, 0) is 30.9 Å². The Morgan fingerprint density at radius 2 is 1.96 bits per heavy atom. The standard InChI is InChI=1S/C21H24N2O3/c1-3-18-15(2)20(21(24)26-14-16-8-5-4-6-9-16)23-19(18)13-22-12-17-10-7-11-25-17/h4-11,22-23H,3,12-14H2,1-2H3. The van der Waals surface area contributed by atoms with E-state index in [-0.39, 0.29) is 12.6 Å². The zero-order valence-electron chi connectivity index (χ0n) is 15.2. The van der Waals surface area contributed by atoms with Gasteiger partial charge in [0.15, 0.2) is 0 Å². The molecule has 0 atom stereocenters. The third kappa shape index (κ3) is 4.24. The van der Waals surface area contributed by atoms with Crippen LogP contribution in [0.3, 0.4) is 0 Å². The molecular weight excluding hydrogens is 328 g/mol. The first kappa shape index (κ1) is 18.0. The van der Waals surface area contributed by atoms with Crippen molar-refractivity contribution in [3.05, 3.63) is 82.6 Å². The van der Waals surface area contributed by atoms with Crippen LogP contribution in [0.25, 0.3) is 0 Å². The lowest BCUT2D eigenvalue weighted by Gasteiger charge is -2.04. The summed E-state index contributed by atoms with van der Waals surface area (Å²) in [4.78, 5) is 15.7. The van der Waals surface area contributed by atoms with E-state index in [2.05, 4.69) is 17.2 Å². The second-order valence-electron chi connectivity index (χ2n) is 6.18. The number of benzene rings is 1. The van der Waals surface area contributed by atoms with Gasteiger partial charge in [-0.2, -0.15) is 0 Å². The fourth-order valence-corrected chi connectivity index (χ4v) is 3.05. The number of H-pyrrole nitrogens is 1. The Labute approximate surface area is 153 Å². The summed E-state index contributed by atoms with van der Waals surface area (Å²) in [5, 5.41) is 3.34. The molecule has 0 saturated carbocycles. The molecule has 0 unspecified atom stereocenters. The van der Waals surface area contributed by atoms with Crippen molar-refractivity contribution in [2.45, 2.75) is 40.0 Å². The normalized spacial score (nSPS) is 10.8. The predicted octanol–water partition coefficient (Wildman–Crippen LogP) is 4.13. The number of carbonyl (C=O) groups excluding carboxylic acids is 1. The van der Waals surface area contributed by atoms with Crippen LogP contribution < -0.4 is 5.32 Å². The van der Waals surface area contributed by atoms with Gasteiger partial charge in [-0.05, 0) is 42.2 Å². The highest BCUT2D eigenvalue weighted by molar-refractivity contribution is 5.89. The molecule has 2 N–H and O–H groups in total. The van der Waals surface area contributed by atoms with Crippen LogP contribution in [0.4, 0.5) is 0 Å². The van der Waals surface area contributed by atoms with E-state index in [0.717, 1.165) is 34.6 Å². The van der Waals surface area contributed by atoms with Crippen LogP contribution in [0.5, 0.6) is 0 Å². The number of esters is 1. The van der Waals surface area contributed by atoms with Crippen molar-refractivity contribution in [3.63, 3.8) is 0 Å². The Hall–Kier alpha value is -2.79. The Morgan fingerprint density at radius 3 is 2.65 bits per heavy atom. The summed E-state index contributed by atoms with van der Waals surface area (Å²) >= 11 is 0. The second-order valence-corrected chi connectivity index (χ2v) is 6.18. The number of aromatic amines is 1. The molecular formula is C21H24N2O3. The lowest BCUT2D eigenvalue weighted by atomic mass is 10.1. The number of hydrogen-bond donors (Lipinski definition) is 2. The molecule has 2 heterocycles. The summed E-state index contributed by atoms with van der Waals surface area (Å²) in [7, 11) is 0. The molecule has 0 amide bonds. The number of nitrogens with one attached hydrogen (secondary N) is 2. The quantitative estimate of drug-likeness (QED) is 0.598. The Balaban J connectivity index is 1.65. The van der Waals surface area contributed by atoms with Gasteiger partial charge in [-0.1, -0.05) is 37.3 Å². The van der Waals surface area contributed by atoms with Crippen molar-refractivity contribution in [1.82, 2.24) is 10.3 Å². The van der Waals surface area contributed by atoms with Crippen molar-refractivity contribution in [1.29, 1.82) is 0 Å². The van der Waals surface area contributed by atoms with Gasteiger partial charge >= 0.3 is 5.97 Å². The van der Waals surface area contributed by atoms with Crippen molar-refractivity contribution < 1.29 is 13.9 Å². The minimum Gasteiger partial charge on any atom is -0.468 e. The summed E-state index contributed by atoms with van der Waals surface area (Å²) in [6, 6.07) is 13.5. The molecule has 3 aromatic rings. The SMILES string of the molecule is CCc1c(CNCc2ccco2)[nH]c(C(=O)OCc2ccccc2)c1C. The number of carbonyl (C=O) groups is 1.